The summed E-state index contributed by atoms with van der Waals surface area (Å²) in [6, 6.07) is 4.91. The van der Waals surface area contributed by atoms with E-state index in [0.29, 0.717) is 26.3 Å². The molecule has 1 aliphatic heterocycles. The number of hydrogen-bond donors (Lipinski definition) is 1. The van der Waals surface area contributed by atoms with E-state index < -0.39 is 11.7 Å². The van der Waals surface area contributed by atoms with Gasteiger partial charge in [0.15, 0.2) is 0 Å². The highest BCUT2D eigenvalue weighted by atomic mass is 16.6. The largest absolute Gasteiger partial charge is 0.444 e. The average molecular weight is 307 g/mol. The number of rotatable bonds is 2. The van der Waals surface area contributed by atoms with Crippen molar-refractivity contribution in [2.75, 3.05) is 31.6 Å². The summed E-state index contributed by atoms with van der Waals surface area (Å²) < 4.78 is 10.4. The lowest BCUT2D eigenvalue weighted by Crippen LogP contribution is -2.41. The summed E-state index contributed by atoms with van der Waals surface area (Å²) in [6.07, 6.45) is -0.601. The number of morpholine rings is 1. The first-order valence-corrected chi connectivity index (χ1v) is 7.19. The van der Waals surface area contributed by atoms with Crippen LogP contribution in [0.4, 0.5) is 10.6 Å². The maximum Gasteiger partial charge on any atom is 0.413 e. The summed E-state index contributed by atoms with van der Waals surface area (Å²) in [4.78, 5) is 29.9. The van der Waals surface area contributed by atoms with Crippen molar-refractivity contribution in [3.8, 4) is 0 Å². The van der Waals surface area contributed by atoms with Gasteiger partial charge in [-0.15, -0.1) is 0 Å². The van der Waals surface area contributed by atoms with Crippen molar-refractivity contribution in [1.29, 1.82) is 0 Å². The van der Waals surface area contributed by atoms with Crippen molar-refractivity contribution in [2.45, 2.75) is 26.4 Å². The molecule has 0 bridgehead atoms. The maximum absolute atomic E-state index is 12.3. The van der Waals surface area contributed by atoms with Gasteiger partial charge in [0, 0.05) is 13.1 Å². The van der Waals surface area contributed by atoms with Gasteiger partial charge in [0.05, 0.1) is 13.2 Å². The fourth-order valence-corrected chi connectivity index (χ4v) is 1.96. The minimum absolute atomic E-state index is 0.170. The third-order valence-electron chi connectivity index (χ3n) is 2.90. The average Bonchev–Trinajstić information content (AvgIpc) is 2.45. The van der Waals surface area contributed by atoms with Gasteiger partial charge in [-0.2, -0.15) is 0 Å². The van der Waals surface area contributed by atoms with Crippen LogP contribution in [0, 0.1) is 0 Å². The Labute approximate surface area is 129 Å². The number of anilines is 1. The number of amides is 2. The second-order valence-electron chi connectivity index (χ2n) is 5.94. The molecule has 1 saturated heterocycles. The van der Waals surface area contributed by atoms with Gasteiger partial charge in [-0.1, -0.05) is 6.07 Å². The van der Waals surface area contributed by atoms with Crippen LogP contribution in [-0.4, -0.2) is 53.8 Å². The van der Waals surface area contributed by atoms with Gasteiger partial charge in [0.25, 0.3) is 5.91 Å². The van der Waals surface area contributed by atoms with Crippen molar-refractivity contribution in [3.63, 3.8) is 0 Å². The highest BCUT2D eigenvalue weighted by Crippen LogP contribution is 2.12. The van der Waals surface area contributed by atoms with Gasteiger partial charge >= 0.3 is 6.09 Å². The Morgan fingerprint density at radius 3 is 2.59 bits per heavy atom. The van der Waals surface area contributed by atoms with Gasteiger partial charge in [-0.3, -0.25) is 10.1 Å². The molecule has 0 aliphatic carbocycles. The zero-order chi connectivity index (χ0) is 16.2. The molecule has 1 N–H and O–H groups in total. The molecule has 0 radical (unpaired) electrons. The van der Waals surface area contributed by atoms with Gasteiger partial charge in [-0.25, -0.2) is 9.78 Å². The molecule has 1 fully saturated rings. The maximum atomic E-state index is 12.3. The molecule has 7 nitrogen and oxygen atoms in total. The number of pyridine rings is 1. The van der Waals surface area contributed by atoms with Crippen molar-refractivity contribution in [1.82, 2.24) is 9.88 Å². The second kappa shape index (κ2) is 6.74. The summed E-state index contributed by atoms with van der Waals surface area (Å²) in [6.45, 7) is 7.48. The molecular formula is C15H21N3O4. The minimum Gasteiger partial charge on any atom is -0.444 e. The Balaban J connectivity index is 2.03. The second-order valence-corrected chi connectivity index (χ2v) is 5.94. The summed E-state index contributed by atoms with van der Waals surface area (Å²) >= 11 is 0. The first kappa shape index (κ1) is 16.2. The zero-order valence-electron chi connectivity index (χ0n) is 13.1. The van der Waals surface area contributed by atoms with Crippen LogP contribution < -0.4 is 5.32 Å². The molecule has 1 aliphatic rings. The van der Waals surface area contributed by atoms with E-state index in [1.54, 1.807) is 43.9 Å². The van der Waals surface area contributed by atoms with Crippen molar-refractivity contribution in [2.24, 2.45) is 0 Å². The third-order valence-corrected chi connectivity index (χ3v) is 2.90. The number of nitrogens with zero attached hydrogens (tertiary/aromatic N) is 2. The zero-order valence-corrected chi connectivity index (χ0v) is 13.1. The van der Waals surface area contributed by atoms with E-state index in [-0.39, 0.29) is 17.4 Å². The highest BCUT2D eigenvalue weighted by Gasteiger charge is 2.21. The number of carbonyl (C=O) groups is 2. The third kappa shape index (κ3) is 4.70. The fourth-order valence-electron chi connectivity index (χ4n) is 1.96. The molecule has 1 aromatic rings. The van der Waals surface area contributed by atoms with E-state index in [9.17, 15) is 9.59 Å². The standard InChI is InChI=1S/C15H21N3O4/c1-15(2,3)22-14(20)17-12-6-4-5-11(16-12)13(19)18-7-9-21-10-8-18/h4-6H,7-10H2,1-3H3,(H,16,17,20). The molecule has 2 heterocycles. The molecule has 2 amide bonds. The molecule has 1 aromatic heterocycles. The lowest BCUT2D eigenvalue weighted by Gasteiger charge is -2.26. The predicted octanol–water partition coefficient (Wildman–Crippen LogP) is 1.90. The summed E-state index contributed by atoms with van der Waals surface area (Å²) in [5, 5.41) is 2.53. The molecule has 0 aromatic carbocycles. The topological polar surface area (TPSA) is 80.8 Å². The van der Waals surface area contributed by atoms with Crippen LogP contribution >= 0.6 is 0 Å². The van der Waals surface area contributed by atoms with E-state index in [0.717, 1.165) is 0 Å². The molecule has 7 heteroatoms. The Morgan fingerprint density at radius 1 is 1.27 bits per heavy atom. The van der Waals surface area contributed by atoms with E-state index in [1.165, 1.54) is 0 Å². The van der Waals surface area contributed by atoms with Crippen molar-refractivity contribution in [3.05, 3.63) is 23.9 Å². The number of aromatic nitrogens is 1. The Morgan fingerprint density at radius 2 is 1.95 bits per heavy atom. The monoisotopic (exact) mass is 307 g/mol. The lowest BCUT2D eigenvalue weighted by molar-refractivity contribution is 0.0299. The number of hydrogen-bond acceptors (Lipinski definition) is 5. The summed E-state index contributed by atoms with van der Waals surface area (Å²) in [7, 11) is 0. The molecule has 0 atom stereocenters. The van der Waals surface area contributed by atoms with Crippen LogP contribution in [0.3, 0.4) is 0 Å². The van der Waals surface area contributed by atoms with E-state index in [4.69, 9.17) is 9.47 Å². The Kier molecular flexibility index (Phi) is 4.97. The minimum atomic E-state index is -0.601. The summed E-state index contributed by atoms with van der Waals surface area (Å²) in [5.41, 5.74) is -0.304. The van der Waals surface area contributed by atoms with Crippen LogP contribution in [0.5, 0.6) is 0 Å². The highest BCUT2D eigenvalue weighted by molar-refractivity contribution is 5.93. The van der Waals surface area contributed by atoms with Crippen LogP contribution in [0.15, 0.2) is 18.2 Å². The van der Waals surface area contributed by atoms with Crippen LogP contribution in [0.1, 0.15) is 31.3 Å². The van der Waals surface area contributed by atoms with Gasteiger partial charge in [0.2, 0.25) is 0 Å². The van der Waals surface area contributed by atoms with E-state index >= 15 is 0 Å². The van der Waals surface area contributed by atoms with Crippen LogP contribution in [0.2, 0.25) is 0 Å². The Bertz CT molecular complexity index is 548. The smallest absolute Gasteiger partial charge is 0.413 e. The summed E-state index contributed by atoms with van der Waals surface area (Å²) in [5.74, 6) is 0.115. The molecular weight excluding hydrogens is 286 g/mol. The number of nitrogens with one attached hydrogen (secondary N) is 1. The SMILES string of the molecule is CC(C)(C)OC(=O)Nc1cccc(C(=O)N2CCOCC2)n1. The van der Waals surface area contributed by atoms with Crippen molar-refractivity contribution < 1.29 is 19.1 Å². The first-order chi connectivity index (χ1) is 10.3. The molecule has 120 valence electrons. The molecule has 22 heavy (non-hydrogen) atoms. The number of ether oxygens (including phenoxy) is 2. The molecule has 0 spiro atoms. The van der Waals surface area contributed by atoms with E-state index in [2.05, 4.69) is 10.3 Å². The number of carbonyl (C=O) groups excluding carboxylic acids is 2. The fraction of sp³-hybridized carbons (Fsp3) is 0.533. The Hall–Kier alpha value is -2.15. The van der Waals surface area contributed by atoms with Gasteiger partial charge < -0.3 is 14.4 Å². The lowest BCUT2D eigenvalue weighted by atomic mass is 10.2. The molecule has 0 unspecified atom stereocenters. The molecule has 2 rings (SSSR count). The van der Waals surface area contributed by atoms with Gasteiger partial charge in [0.1, 0.15) is 17.1 Å². The van der Waals surface area contributed by atoms with E-state index in [1.807, 2.05) is 0 Å². The van der Waals surface area contributed by atoms with Gasteiger partial charge in [-0.05, 0) is 32.9 Å². The van der Waals surface area contributed by atoms with Crippen molar-refractivity contribution >= 4 is 17.8 Å². The quantitative estimate of drug-likeness (QED) is 0.902. The predicted molar refractivity (Wildman–Crippen MR) is 80.8 cm³/mol. The van der Waals surface area contributed by atoms with Crippen LogP contribution in [0.25, 0.3) is 0 Å². The molecule has 0 saturated carbocycles. The normalized spacial score (nSPS) is 15.3. The first-order valence-electron chi connectivity index (χ1n) is 7.19. The van der Waals surface area contributed by atoms with Crippen LogP contribution in [-0.2, 0) is 9.47 Å².